The largest absolute Gasteiger partial charge is 0.0998 e. The minimum atomic E-state index is 0.556. The van der Waals surface area contributed by atoms with E-state index in [0.717, 1.165) is 17.8 Å². The predicted molar refractivity (Wildman–Crippen MR) is 87.6 cm³/mol. The van der Waals surface area contributed by atoms with E-state index < -0.39 is 0 Å². The van der Waals surface area contributed by atoms with E-state index in [1.54, 1.807) is 5.57 Å². The third kappa shape index (κ3) is 2.11. The molecule has 0 nitrogen and oxygen atoms in total. The zero-order chi connectivity index (χ0) is 14.5. The molecule has 112 valence electrons. The van der Waals surface area contributed by atoms with Crippen LogP contribution in [0.15, 0.2) is 23.8 Å². The van der Waals surface area contributed by atoms with E-state index in [0.29, 0.717) is 10.8 Å². The van der Waals surface area contributed by atoms with Crippen molar-refractivity contribution in [1.29, 1.82) is 0 Å². The molecule has 2 fully saturated rings. The molecule has 0 aliphatic heterocycles. The lowest BCUT2D eigenvalue weighted by Crippen LogP contribution is -2.46. The monoisotopic (exact) mass is 272 g/mol. The van der Waals surface area contributed by atoms with E-state index in [2.05, 4.69) is 40.3 Å². The standard InChI is InChI=1S/C20H32/c1-14(2)16-9-11-20(5)13-12-19(4)10-8-15(3)6-7-17(19)18(16)20/h8,16-18H,1,6-7,9-13H2,2-5H3/t16?,17-,18-,19-,20-/m1/s1. The summed E-state index contributed by atoms with van der Waals surface area (Å²) in [5, 5.41) is 0. The second-order valence-corrected chi connectivity index (χ2v) is 8.73. The Bertz CT molecular complexity index is 443. The van der Waals surface area contributed by atoms with Gasteiger partial charge in [-0.05, 0) is 87.4 Å². The third-order valence-corrected chi connectivity index (χ3v) is 7.26. The molecule has 3 rings (SSSR count). The highest BCUT2D eigenvalue weighted by Crippen LogP contribution is 2.65. The Morgan fingerprint density at radius 3 is 2.55 bits per heavy atom. The van der Waals surface area contributed by atoms with Crippen LogP contribution in [0.3, 0.4) is 0 Å². The molecule has 0 spiro atoms. The number of hydrogen-bond acceptors (Lipinski definition) is 0. The van der Waals surface area contributed by atoms with Crippen molar-refractivity contribution in [2.24, 2.45) is 28.6 Å². The van der Waals surface area contributed by atoms with Crippen LogP contribution in [0.4, 0.5) is 0 Å². The van der Waals surface area contributed by atoms with E-state index in [9.17, 15) is 0 Å². The van der Waals surface area contributed by atoms with E-state index in [4.69, 9.17) is 0 Å². The fourth-order valence-electron chi connectivity index (χ4n) is 5.79. The first-order valence-corrected chi connectivity index (χ1v) is 8.67. The van der Waals surface area contributed by atoms with Gasteiger partial charge in [0, 0.05) is 0 Å². The van der Waals surface area contributed by atoms with Crippen LogP contribution in [0.1, 0.15) is 72.6 Å². The van der Waals surface area contributed by atoms with Crippen LogP contribution in [0, 0.1) is 28.6 Å². The number of allylic oxidation sites excluding steroid dienone is 3. The van der Waals surface area contributed by atoms with Crippen LogP contribution in [0.5, 0.6) is 0 Å². The summed E-state index contributed by atoms with van der Waals surface area (Å²) in [4.78, 5) is 0. The number of rotatable bonds is 1. The Labute approximate surface area is 125 Å². The van der Waals surface area contributed by atoms with Gasteiger partial charge in [-0.2, -0.15) is 0 Å². The van der Waals surface area contributed by atoms with Crippen LogP contribution < -0.4 is 0 Å². The van der Waals surface area contributed by atoms with Gasteiger partial charge in [0.25, 0.3) is 0 Å². The van der Waals surface area contributed by atoms with Crippen molar-refractivity contribution in [2.75, 3.05) is 0 Å². The van der Waals surface area contributed by atoms with E-state index in [-0.39, 0.29) is 0 Å². The third-order valence-electron chi connectivity index (χ3n) is 7.26. The lowest BCUT2D eigenvalue weighted by molar-refractivity contribution is -0.0331. The smallest absolute Gasteiger partial charge is 0.0172 e. The maximum Gasteiger partial charge on any atom is -0.0172 e. The quantitative estimate of drug-likeness (QED) is 0.503. The van der Waals surface area contributed by atoms with Crippen LogP contribution in [-0.2, 0) is 0 Å². The number of hydrogen-bond donors (Lipinski definition) is 0. The maximum atomic E-state index is 4.34. The topological polar surface area (TPSA) is 0 Å². The van der Waals surface area contributed by atoms with Crippen molar-refractivity contribution in [2.45, 2.75) is 72.6 Å². The molecule has 5 atom stereocenters. The molecule has 0 heterocycles. The molecule has 0 radical (unpaired) electrons. The summed E-state index contributed by atoms with van der Waals surface area (Å²) < 4.78 is 0. The molecule has 0 heteroatoms. The summed E-state index contributed by atoms with van der Waals surface area (Å²) >= 11 is 0. The molecule has 0 aromatic carbocycles. The maximum absolute atomic E-state index is 4.34. The number of fused-ring (bicyclic) bond motifs is 3. The van der Waals surface area contributed by atoms with Gasteiger partial charge in [0.2, 0.25) is 0 Å². The van der Waals surface area contributed by atoms with Gasteiger partial charge in [0.05, 0.1) is 0 Å². The molecule has 0 N–H and O–H groups in total. The first-order chi connectivity index (χ1) is 9.36. The zero-order valence-corrected chi connectivity index (χ0v) is 14.0. The Morgan fingerprint density at radius 1 is 1.15 bits per heavy atom. The summed E-state index contributed by atoms with van der Waals surface area (Å²) in [7, 11) is 0. The van der Waals surface area contributed by atoms with Crippen molar-refractivity contribution in [1.82, 2.24) is 0 Å². The average Bonchev–Trinajstić information content (AvgIpc) is 2.66. The Hall–Kier alpha value is -0.520. The molecule has 0 bridgehead atoms. The predicted octanol–water partition coefficient (Wildman–Crippen LogP) is 6.14. The highest BCUT2D eigenvalue weighted by atomic mass is 14.6. The SMILES string of the molecule is C=C(C)C1CC[C@]2(C)CC[C@@]3(C)CC=C(C)CC[C@@H]3[C@@H]12. The van der Waals surface area contributed by atoms with Gasteiger partial charge in [0.15, 0.2) is 0 Å². The fraction of sp³-hybridized carbons (Fsp3) is 0.800. The van der Waals surface area contributed by atoms with Crippen molar-refractivity contribution in [3.05, 3.63) is 23.8 Å². The second kappa shape index (κ2) is 4.75. The van der Waals surface area contributed by atoms with Gasteiger partial charge in [-0.25, -0.2) is 0 Å². The van der Waals surface area contributed by atoms with Crippen molar-refractivity contribution >= 4 is 0 Å². The van der Waals surface area contributed by atoms with Crippen LogP contribution in [0.2, 0.25) is 0 Å². The van der Waals surface area contributed by atoms with Crippen LogP contribution in [-0.4, -0.2) is 0 Å². The van der Waals surface area contributed by atoms with Gasteiger partial charge in [-0.3, -0.25) is 0 Å². The molecule has 3 aliphatic carbocycles. The highest BCUT2D eigenvalue weighted by molar-refractivity contribution is 5.16. The molecule has 20 heavy (non-hydrogen) atoms. The molecule has 0 aromatic rings. The molecule has 0 aromatic heterocycles. The van der Waals surface area contributed by atoms with Crippen molar-refractivity contribution in [3.63, 3.8) is 0 Å². The molecule has 1 unspecified atom stereocenters. The molecule has 0 amide bonds. The first kappa shape index (κ1) is 14.4. The Morgan fingerprint density at radius 2 is 1.85 bits per heavy atom. The van der Waals surface area contributed by atoms with Gasteiger partial charge in [-0.1, -0.05) is 37.6 Å². The lowest BCUT2D eigenvalue weighted by atomic mass is 9.51. The fourth-order valence-corrected chi connectivity index (χ4v) is 5.79. The lowest BCUT2D eigenvalue weighted by Gasteiger charge is -2.53. The Kier molecular flexibility index (Phi) is 3.42. The van der Waals surface area contributed by atoms with Gasteiger partial charge in [0.1, 0.15) is 0 Å². The summed E-state index contributed by atoms with van der Waals surface area (Å²) in [5.74, 6) is 2.61. The Balaban J connectivity index is 1.97. The molecular formula is C20H32. The van der Waals surface area contributed by atoms with Crippen LogP contribution >= 0.6 is 0 Å². The van der Waals surface area contributed by atoms with Gasteiger partial charge in [-0.15, -0.1) is 0 Å². The summed E-state index contributed by atoms with van der Waals surface area (Å²) in [5.41, 5.74) is 4.25. The van der Waals surface area contributed by atoms with Gasteiger partial charge >= 0.3 is 0 Å². The minimum Gasteiger partial charge on any atom is -0.0998 e. The van der Waals surface area contributed by atoms with E-state index in [1.807, 2.05) is 0 Å². The highest BCUT2D eigenvalue weighted by Gasteiger charge is 2.56. The minimum absolute atomic E-state index is 0.556. The first-order valence-electron chi connectivity index (χ1n) is 8.67. The second-order valence-electron chi connectivity index (χ2n) is 8.73. The van der Waals surface area contributed by atoms with Crippen LogP contribution in [0.25, 0.3) is 0 Å². The van der Waals surface area contributed by atoms with Crippen molar-refractivity contribution in [3.8, 4) is 0 Å². The molecule has 3 aliphatic rings. The summed E-state index contributed by atoms with van der Waals surface area (Å²) in [6, 6.07) is 0. The molecule has 2 saturated carbocycles. The van der Waals surface area contributed by atoms with Gasteiger partial charge < -0.3 is 0 Å². The van der Waals surface area contributed by atoms with E-state index in [1.165, 1.54) is 50.5 Å². The summed E-state index contributed by atoms with van der Waals surface area (Å²) in [6.07, 6.45) is 12.3. The molecular weight excluding hydrogens is 240 g/mol. The van der Waals surface area contributed by atoms with Crippen molar-refractivity contribution < 1.29 is 0 Å². The average molecular weight is 272 g/mol. The normalized spacial score (nSPS) is 48.0. The zero-order valence-electron chi connectivity index (χ0n) is 14.0. The summed E-state index contributed by atoms with van der Waals surface area (Å²) in [6.45, 7) is 14.1. The molecule has 0 saturated heterocycles. The van der Waals surface area contributed by atoms with E-state index >= 15 is 0 Å².